The molecule has 0 unspecified atom stereocenters. The molecule has 1 aromatic rings. The Morgan fingerprint density at radius 3 is 2.75 bits per heavy atom. The normalized spacial score (nSPS) is 20.1. The van der Waals surface area contributed by atoms with Crippen LogP contribution in [0.2, 0.25) is 6.32 Å². The fraction of sp³-hybridized carbons (Fsp3) is 0.533. The highest BCUT2D eigenvalue weighted by molar-refractivity contribution is 6.59. The largest absolute Gasteiger partial charge is 0.669 e. The van der Waals surface area contributed by atoms with E-state index in [1.54, 1.807) is 12.1 Å². The van der Waals surface area contributed by atoms with E-state index in [0.717, 1.165) is 13.1 Å². The SMILES string of the molecule is O=C(O)c1c(OCCN2CCOCC2)ccc2c1O[B-](O)(O)CC2. The third-order valence-corrected chi connectivity index (χ3v) is 4.28. The minimum atomic E-state index is -3.03. The summed E-state index contributed by atoms with van der Waals surface area (Å²) in [5.74, 6) is -1.06. The lowest BCUT2D eigenvalue weighted by molar-refractivity contribution is 0.0321. The van der Waals surface area contributed by atoms with Gasteiger partial charge >= 0.3 is 12.7 Å². The minimum absolute atomic E-state index is 0.0115. The number of hydrogen-bond acceptors (Lipinski definition) is 7. The zero-order valence-corrected chi connectivity index (χ0v) is 13.3. The van der Waals surface area contributed by atoms with Crippen LogP contribution in [0.25, 0.3) is 0 Å². The average Bonchev–Trinajstić information content (AvgIpc) is 2.54. The highest BCUT2D eigenvalue weighted by Crippen LogP contribution is 2.38. The molecule has 9 heteroatoms. The molecule has 132 valence electrons. The number of fused-ring (bicyclic) bond motifs is 1. The van der Waals surface area contributed by atoms with E-state index in [2.05, 4.69) is 4.90 Å². The molecule has 3 rings (SSSR count). The second-order valence-corrected chi connectivity index (χ2v) is 6.05. The Labute approximate surface area is 139 Å². The molecule has 3 N–H and O–H groups in total. The lowest BCUT2D eigenvalue weighted by Crippen LogP contribution is -2.45. The van der Waals surface area contributed by atoms with Gasteiger partial charge in [-0.2, -0.15) is 0 Å². The van der Waals surface area contributed by atoms with E-state index in [1.165, 1.54) is 0 Å². The molecule has 0 spiro atoms. The third kappa shape index (κ3) is 3.81. The number of rotatable bonds is 5. The van der Waals surface area contributed by atoms with Gasteiger partial charge in [0.05, 0.1) is 19.0 Å². The van der Waals surface area contributed by atoms with Gasteiger partial charge in [-0.15, -0.1) is 0 Å². The van der Waals surface area contributed by atoms with Gasteiger partial charge in [0.1, 0.15) is 17.9 Å². The maximum atomic E-state index is 11.6. The molecule has 8 nitrogen and oxygen atoms in total. The number of nitrogens with zero attached hydrogens (tertiary/aromatic N) is 1. The summed E-state index contributed by atoms with van der Waals surface area (Å²) in [6.45, 7) is 0.976. The predicted molar refractivity (Wildman–Crippen MR) is 85.5 cm³/mol. The van der Waals surface area contributed by atoms with Crippen LogP contribution in [-0.4, -0.2) is 72.2 Å². The maximum absolute atomic E-state index is 11.6. The molecule has 2 aliphatic heterocycles. The summed E-state index contributed by atoms with van der Waals surface area (Å²) in [7, 11) is 0. The molecule has 0 aliphatic carbocycles. The van der Waals surface area contributed by atoms with E-state index >= 15 is 0 Å². The highest BCUT2D eigenvalue weighted by Gasteiger charge is 2.32. The van der Waals surface area contributed by atoms with Crippen LogP contribution in [0.4, 0.5) is 0 Å². The van der Waals surface area contributed by atoms with Crippen LogP contribution >= 0.6 is 0 Å². The molecule has 0 saturated carbocycles. The van der Waals surface area contributed by atoms with Crippen molar-refractivity contribution in [2.24, 2.45) is 0 Å². The lowest BCUT2D eigenvalue weighted by Gasteiger charge is -2.37. The first-order valence-corrected chi connectivity index (χ1v) is 8.08. The van der Waals surface area contributed by atoms with E-state index in [-0.39, 0.29) is 23.4 Å². The predicted octanol–water partition coefficient (Wildman–Crippen LogP) is -0.0458. The number of morpholine rings is 1. The summed E-state index contributed by atoms with van der Waals surface area (Å²) in [5, 5.41) is 28.9. The molecule has 0 aromatic heterocycles. The third-order valence-electron chi connectivity index (χ3n) is 4.28. The topological polar surface area (TPSA) is 109 Å². The first-order valence-electron chi connectivity index (χ1n) is 8.08. The Hall–Kier alpha value is -1.81. The smallest absolute Gasteiger partial charge is 0.430 e. The van der Waals surface area contributed by atoms with Gasteiger partial charge in [0, 0.05) is 19.6 Å². The van der Waals surface area contributed by atoms with Gasteiger partial charge in [-0.1, -0.05) is 12.4 Å². The monoisotopic (exact) mass is 338 g/mol. The zero-order chi connectivity index (χ0) is 17.2. The van der Waals surface area contributed by atoms with E-state index < -0.39 is 12.7 Å². The molecule has 0 radical (unpaired) electrons. The van der Waals surface area contributed by atoms with Crippen LogP contribution in [0.15, 0.2) is 12.1 Å². The van der Waals surface area contributed by atoms with Crippen molar-refractivity contribution < 1.29 is 34.1 Å². The van der Waals surface area contributed by atoms with Crippen LogP contribution in [-0.2, 0) is 11.2 Å². The molecule has 0 bridgehead atoms. The van der Waals surface area contributed by atoms with E-state index in [9.17, 15) is 19.9 Å². The summed E-state index contributed by atoms with van der Waals surface area (Å²) >= 11 is 0. The van der Waals surface area contributed by atoms with Gasteiger partial charge in [0.25, 0.3) is 0 Å². The van der Waals surface area contributed by atoms with Gasteiger partial charge in [0.2, 0.25) is 0 Å². The maximum Gasteiger partial charge on any atom is 0.430 e. The molecular weight excluding hydrogens is 317 g/mol. The summed E-state index contributed by atoms with van der Waals surface area (Å²) in [6.07, 6.45) is 0.389. The zero-order valence-electron chi connectivity index (χ0n) is 13.3. The molecular formula is C15H21BNO7-. The number of carboxylic acid groups (broad SMARTS) is 1. The molecule has 0 amide bonds. The number of ether oxygens (including phenoxy) is 2. The first kappa shape index (κ1) is 17.0. The summed E-state index contributed by atoms with van der Waals surface area (Å²) in [4.78, 5) is 13.8. The van der Waals surface area contributed by atoms with E-state index in [1.807, 2.05) is 0 Å². The van der Waals surface area contributed by atoms with Crippen molar-refractivity contribution in [3.63, 3.8) is 0 Å². The van der Waals surface area contributed by atoms with Crippen molar-refractivity contribution in [2.75, 3.05) is 39.5 Å². The van der Waals surface area contributed by atoms with Gasteiger partial charge in [-0.25, -0.2) is 4.79 Å². The molecule has 1 aromatic carbocycles. The average molecular weight is 338 g/mol. The number of aromatic carboxylic acids is 1. The van der Waals surface area contributed by atoms with Crippen molar-refractivity contribution in [2.45, 2.75) is 12.7 Å². The van der Waals surface area contributed by atoms with Crippen LogP contribution in [0.3, 0.4) is 0 Å². The number of hydrogen-bond donors (Lipinski definition) is 3. The van der Waals surface area contributed by atoms with Crippen LogP contribution in [0.1, 0.15) is 15.9 Å². The molecule has 0 atom stereocenters. The van der Waals surface area contributed by atoms with Crippen molar-refractivity contribution in [1.29, 1.82) is 0 Å². The molecule has 1 saturated heterocycles. The van der Waals surface area contributed by atoms with Crippen LogP contribution in [0, 0.1) is 0 Å². The molecule has 2 heterocycles. The lowest BCUT2D eigenvalue weighted by atomic mass is 9.70. The summed E-state index contributed by atoms with van der Waals surface area (Å²) < 4.78 is 16.0. The van der Waals surface area contributed by atoms with Gasteiger partial charge < -0.3 is 29.3 Å². The Balaban J connectivity index is 1.74. The van der Waals surface area contributed by atoms with Gasteiger partial charge in [0.15, 0.2) is 0 Å². The van der Waals surface area contributed by atoms with E-state index in [4.69, 9.17) is 14.1 Å². The second-order valence-electron chi connectivity index (χ2n) is 6.05. The van der Waals surface area contributed by atoms with Crippen molar-refractivity contribution >= 4 is 12.7 Å². The van der Waals surface area contributed by atoms with Crippen LogP contribution < -0.4 is 9.39 Å². The van der Waals surface area contributed by atoms with Crippen LogP contribution in [0.5, 0.6) is 11.5 Å². The number of benzene rings is 1. The number of carbonyl (C=O) groups is 1. The highest BCUT2D eigenvalue weighted by atomic mass is 16.6. The number of carboxylic acids is 1. The minimum Gasteiger partial charge on any atom is -0.669 e. The summed E-state index contributed by atoms with van der Waals surface area (Å²) in [5.41, 5.74) is 0.469. The molecule has 24 heavy (non-hydrogen) atoms. The summed E-state index contributed by atoms with van der Waals surface area (Å²) in [6, 6.07) is 3.30. The fourth-order valence-electron chi connectivity index (χ4n) is 2.96. The Kier molecular flexibility index (Phi) is 4.95. The van der Waals surface area contributed by atoms with Crippen molar-refractivity contribution in [1.82, 2.24) is 4.90 Å². The standard InChI is InChI=1S/C15H21BNO7/c18-15(19)13-12(23-10-7-17-5-8-22-9-6-17)2-1-11-3-4-16(20,21)24-14(11)13/h1-2,20-21H,3-10H2,(H,18,19)/q-1. The van der Waals surface area contributed by atoms with E-state index in [0.29, 0.717) is 38.3 Å². The molecule has 1 fully saturated rings. The molecule has 2 aliphatic rings. The van der Waals surface area contributed by atoms with Gasteiger partial charge in [-0.3, -0.25) is 4.90 Å². The number of aryl methyl sites for hydroxylation is 1. The Morgan fingerprint density at radius 2 is 2.04 bits per heavy atom. The second kappa shape index (κ2) is 6.98. The first-order chi connectivity index (χ1) is 11.5. The quantitative estimate of drug-likeness (QED) is 0.642. The Bertz CT molecular complexity index is 616. The van der Waals surface area contributed by atoms with Crippen molar-refractivity contribution in [3.8, 4) is 11.5 Å². The van der Waals surface area contributed by atoms with Crippen molar-refractivity contribution in [3.05, 3.63) is 23.3 Å². The fourth-order valence-corrected chi connectivity index (χ4v) is 2.96. The Morgan fingerprint density at radius 1 is 1.29 bits per heavy atom. The van der Waals surface area contributed by atoms with Gasteiger partial charge in [-0.05, 0) is 18.1 Å².